The van der Waals surface area contributed by atoms with Gasteiger partial charge in [0.2, 0.25) is 0 Å². The SMILES string of the molecule is [N-]=[N+]=NC1(c2cccc(F)c2)CC1. The molecule has 0 amide bonds. The topological polar surface area (TPSA) is 48.8 Å². The number of hydrogen-bond donors (Lipinski definition) is 0. The van der Waals surface area contributed by atoms with Crippen LogP contribution in [-0.2, 0) is 5.54 Å². The highest BCUT2D eigenvalue weighted by molar-refractivity contribution is 5.30. The van der Waals surface area contributed by atoms with Crippen molar-refractivity contribution in [3.8, 4) is 0 Å². The van der Waals surface area contributed by atoms with E-state index in [0.717, 1.165) is 18.4 Å². The molecule has 0 aliphatic heterocycles. The second-order valence-corrected chi connectivity index (χ2v) is 3.23. The summed E-state index contributed by atoms with van der Waals surface area (Å²) in [6, 6.07) is 6.25. The minimum Gasteiger partial charge on any atom is -0.207 e. The van der Waals surface area contributed by atoms with Crippen molar-refractivity contribution in [2.45, 2.75) is 18.4 Å². The van der Waals surface area contributed by atoms with Crippen LogP contribution in [0, 0.1) is 5.82 Å². The Morgan fingerprint density at radius 3 is 2.77 bits per heavy atom. The van der Waals surface area contributed by atoms with Gasteiger partial charge in [0.05, 0.1) is 5.54 Å². The van der Waals surface area contributed by atoms with Crippen LogP contribution in [0.5, 0.6) is 0 Å². The predicted molar refractivity (Wildman–Crippen MR) is 46.5 cm³/mol. The molecule has 0 unspecified atom stereocenters. The molecule has 0 aromatic heterocycles. The predicted octanol–water partition coefficient (Wildman–Crippen LogP) is 3.13. The van der Waals surface area contributed by atoms with Crippen molar-refractivity contribution in [3.63, 3.8) is 0 Å². The summed E-state index contributed by atoms with van der Waals surface area (Å²) in [7, 11) is 0. The third-order valence-electron chi connectivity index (χ3n) is 2.32. The minimum atomic E-state index is -0.448. The van der Waals surface area contributed by atoms with Crippen LogP contribution in [0.2, 0.25) is 0 Å². The van der Waals surface area contributed by atoms with E-state index in [0.29, 0.717) is 0 Å². The average molecular weight is 177 g/mol. The smallest absolute Gasteiger partial charge is 0.123 e. The molecule has 0 atom stereocenters. The fraction of sp³-hybridized carbons (Fsp3) is 0.333. The number of halogens is 1. The fourth-order valence-corrected chi connectivity index (χ4v) is 1.43. The van der Waals surface area contributed by atoms with Gasteiger partial charge in [0.1, 0.15) is 5.82 Å². The standard InChI is InChI=1S/C9H8FN3/c10-8-3-1-2-7(6-8)9(4-5-9)12-13-11/h1-3,6H,4-5H2. The third kappa shape index (κ3) is 1.36. The molecule has 1 aromatic carbocycles. The molecule has 0 spiro atoms. The van der Waals surface area contributed by atoms with Crippen LogP contribution in [0.1, 0.15) is 18.4 Å². The number of benzene rings is 1. The van der Waals surface area contributed by atoms with Gasteiger partial charge >= 0.3 is 0 Å². The van der Waals surface area contributed by atoms with E-state index in [2.05, 4.69) is 10.0 Å². The molecule has 13 heavy (non-hydrogen) atoms. The molecule has 0 heterocycles. The van der Waals surface area contributed by atoms with Crippen molar-refractivity contribution in [1.82, 2.24) is 0 Å². The van der Waals surface area contributed by atoms with Crippen LogP contribution in [-0.4, -0.2) is 0 Å². The first-order valence-electron chi connectivity index (χ1n) is 4.09. The lowest BCUT2D eigenvalue weighted by molar-refractivity contribution is 0.618. The van der Waals surface area contributed by atoms with Crippen molar-refractivity contribution in [2.24, 2.45) is 5.11 Å². The molecule has 1 fully saturated rings. The first kappa shape index (κ1) is 8.08. The van der Waals surface area contributed by atoms with Gasteiger partial charge in [0.15, 0.2) is 0 Å². The van der Waals surface area contributed by atoms with Crippen LogP contribution >= 0.6 is 0 Å². The van der Waals surface area contributed by atoms with Crippen molar-refractivity contribution < 1.29 is 4.39 Å². The largest absolute Gasteiger partial charge is 0.207 e. The Morgan fingerprint density at radius 2 is 2.23 bits per heavy atom. The van der Waals surface area contributed by atoms with E-state index in [1.165, 1.54) is 12.1 Å². The molecule has 0 saturated heterocycles. The van der Waals surface area contributed by atoms with Crippen molar-refractivity contribution >= 4 is 0 Å². The quantitative estimate of drug-likeness (QED) is 0.378. The Hall–Kier alpha value is -1.54. The van der Waals surface area contributed by atoms with Crippen LogP contribution in [0.4, 0.5) is 4.39 Å². The zero-order valence-electron chi connectivity index (χ0n) is 6.94. The minimum absolute atomic E-state index is 0.281. The van der Waals surface area contributed by atoms with Gasteiger partial charge in [-0.1, -0.05) is 17.2 Å². The lowest BCUT2D eigenvalue weighted by Gasteiger charge is -2.07. The van der Waals surface area contributed by atoms with Crippen LogP contribution < -0.4 is 0 Å². The molecule has 3 nitrogen and oxygen atoms in total. The summed E-state index contributed by atoms with van der Waals surface area (Å²) in [5.74, 6) is -0.281. The van der Waals surface area contributed by atoms with Crippen LogP contribution in [0.15, 0.2) is 29.4 Å². The molecular weight excluding hydrogens is 169 g/mol. The summed E-state index contributed by atoms with van der Waals surface area (Å²) < 4.78 is 12.8. The summed E-state index contributed by atoms with van der Waals surface area (Å²) in [6.07, 6.45) is 1.64. The van der Waals surface area contributed by atoms with E-state index in [9.17, 15) is 4.39 Å². The van der Waals surface area contributed by atoms with Crippen LogP contribution in [0.3, 0.4) is 0 Å². The van der Waals surface area contributed by atoms with Gasteiger partial charge in [0, 0.05) is 4.91 Å². The Bertz CT molecular complexity index is 378. The summed E-state index contributed by atoms with van der Waals surface area (Å²) in [6.45, 7) is 0. The van der Waals surface area contributed by atoms with E-state index in [1.54, 1.807) is 12.1 Å². The van der Waals surface area contributed by atoms with E-state index in [1.807, 2.05) is 0 Å². The van der Waals surface area contributed by atoms with Gasteiger partial charge in [-0.05, 0) is 36.1 Å². The molecule has 2 rings (SSSR count). The maximum absolute atomic E-state index is 12.8. The lowest BCUT2D eigenvalue weighted by Crippen LogP contribution is -2.00. The average Bonchev–Trinajstić information content (AvgIpc) is 2.86. The van der Waals surface area contributed by atoms with Gasteiger partial charge in [-0.3, -0.25) is 0 Å². The molecule has 4 heteroatoms. The second-order valence-electron chi connectivity index (χ2n) is 3.23. The molecule has 1 aromatic rings. The maximum atomic E-state index is 12.8. The van der Waals surface area contributed by atoms with Crippen molar-refractivity contribution in [3.05, 3.63) is 46.1 Å². The zero-order valence-corrected chi connectivity index (χ0v) is 6.94. The fourth-order valence-electron chi connectivity index (χ4n) is 1.43. The summed E-state index contributed by atoms with van der Waals surface area (Å²) in [4.78, 5) is 2.78. The maximum Gasteiger partial charge on any atom is 0.123 e. The Balaban J connectivity index is 2.40. The second kappa shape index (κ2) is 2.75. The molecule has 66 valence electrons. The van der Waals surface area contributed by atoms with Gasteiger partial charge in [-0.15, -0.1) is 0 Å². The van der Waals surface area contributed by atoms with E-state index >= 15 is 0 Å². The normalized spacial score (nSPS) is 17.6. The van der Waals surface area contributed by atoms with Gasteiger partial charge in [0.25, 0.3) is 0 Å². The molecule has 0 radical (unpaired) electrons. The number of hydrogen-bond acceptors (Lipinski definition) is 1. The summed E-state index contributed by atoms with van der Waals surface area (Å²) in [5, 5.41) is 3.69. The third-order valence-corrected chi connectivity index (χ3v) is 2.32. The zero-order chi connectivity index (χ0) is 9.31. The summed E-state index contributed by atoms with van der Waals surface area (Å²) >= 11 is 0. The Kier molecular flexibility index (Phi) is 1.71. The highest BCUT2D eigenvalue weighted by Crippen LogP contribution is 2.49. The van der Waals surface area contributed by atoms with Gasteiger partial charge < -0.3 is 0 Å². The van der Waals surface area contributed by atoms with Gasteiger partial charge in [-0.25, -0.2) is 4.39 Å². The highest BCUT2D eigenvalue weighted by Gasteiger charge is 2.43. The molecule has 1 saturated carbocycles. The number of azide groups is 1. The monoisotopic (exact) mass is 177 g/mol. The molecule has 1 aliphatic carbocycles. The van der Waals surface area contributed by atoms with Gasteiger partial charge in [-0.2, -0.15) is 0 Å². The molecule has 1 aliphatic rings. The van der Waals surface area contributed by atoms with E-state index in [-0.39, 0.29) is 5.82 Å². The van der Waals surface area contributed by atoms with E-state index < -0.39 is 5.54 Å². The van der Waals surface area contributed by atoms with Crippen LogP contribution in [0.25, 0.3) is 10.4 Å². The summed E-state index contributed by atoms with van der Waals surface area (Å²) in [5.41, 5.74) is 8.67. The molecular formula is C9H8FN3. The first-order chi connectivity index (χ1) is 6.27. The molecule has 0 bridgehead atoms. The lowest BCUT2D eigenvalue weighted by atomic mass is 10.1. The van der Waals surface area contributed by atoms with E-state index in [4.69, 9.17) is 5.53 Å². The van der Waals surface area contributed by atoms with Crippen molar-refractivity contribution in [2.75, 3.05) is 0 Å². The highest BCUT2D eigenvalue weighted by atomic mass is 19.1. The number of rotatable bonds is 2. The Morgan fingerprint density at radius 1 is 1.46 bits per heavy atom. The van der Waals surface area contributed by atoms with Crippen molar-refractivity contribution in [1.29, 1.82) is 0 Å². The first-order valence-corrected chi connectivity index (χ1v) is 4.09. The number of nitrogens with zero attached hydrogens (tertiary/aromatic N) is 3. The Labute approximate surface area is 74.8 Å². The molecule has 0 N–H and O–H groups in total.